The molecule has 3 aromatic rings. The fourth-order valence-electron chi connectivity index (χ4n) is 5.16. The molecule has 0 aliphatic carbocycles. The Labute approximate surface area is 268 Å². The van der Waals surface area contributed by atoms with E-state index in [1.165, 1.54) is 12.1 Å². The van der Waals surface area contributed by atoms with Crippen molar-refractivity contribution < 1.29 is 32.2 Å². The van der Waals surface area contributed by atoms with Gasteiger partial charge in [0.05, 0.1) is 11.3 Å². The lowest BCUT2D eigenvalue weighted by Gasteiger charge is -2.31. The smallest absolute Gasteiger partial charge is 0.416 e. The molecule has 1 atom stereocenters. The molecule has 2 heterocycles. The lowest BCUT2D eigenvalue weighted by Crippen LogP contribution is -2.40. The second-order valence-corrected chi connectivity index (χ2v) is 11.4. The number of carbonyl (C=O) groups excluding carboxylic acids is 2. The highest BCUT2D eigenvalue weighted by molar-refractivity contribution is 5.90. The van der Waals surface area contributed by atoms with Gasteiger partial charge in [-0.25, -0.2) is 4.79 Å². The number of aliphatic imine (C=N–C) groups is 1. The van der Waals surface area contributed by atoms with Gasteiger partial charge >= 0.3 is 12.3 Å². The Bertz CT molecular complexity index is 1450. The van der Waals surface area contributed by atoms with Gasteiger partial charge in [-0.05, 0) is 80.0 Å². The number of rotatable bonds is 13. The third-order valence-corrected chi connectivity index (χ3v) is 7.82. The van der Waals surface area contributed by atoms with Crippen LogP contribution in [0.25, 0.3) is 0 Å². The predicted octanol–water partition coefficient (Wildman–Crippen LogP) is 8.31. The van der Waals surface area contributed by atoms with Crippen molar-refractivity contribution >= 4 is 23.9 Å². The molecular weight excluding hydrogens is 597 g/mol. The van der Waals surface area contributed by atoms with Crippen molar-refractivity contribution in [3.8, 4) is 11.5 Å². The molecular formula is C35H41F3N4O4. The third-order valence-electron chi connectivity index (χ3n) is 7.82. The van der Waals surface area contributed by atoms with Crippen LogP contribution in [0.3, 0.4) is 0 Å². The Hall–Kier alpha value is -4.41. The molecule has 1 fully saturated rings. The molecule has 0 spiro atoms. The number of ether oxygens (including phenoxy) is 2. The van der Waals surface area contributed by atoms with Gasteiger partial charge in [0.25, 0.3) is 0 Å². The number of pyridine rings is 1. The maximum Gasteiger partial charge on any atom is 0.416 e. The fourth-order valence-corrected chi connectivity index (χ4v) is 5.16. The van der Waals surface area contributed by atoms with Crippen LogP contribution in [0, 0.1) is 5.92 Å². The summed E-state index contributed by atoms with van der Waals surface area (Å²) in [6, 6.07) is 15.4. The third kappa shape index (κ3) is 10.9. The Morgan fingerprint density at radius 3 is 2.52 bits per heavy atom. The first kappa shape index (κ1) is 34.5. The van der Waals surface area contributed by atoms with E-state index in [0.29, 0.717) is 49.2 Å². The maximum atomic E-state index is 12.9. The van der Waals surface area contributed by atoms with Crippen molar-refractivity contribution in [1.82, 2.24) is 9.88 Å². The number of carbonyl (C=O) groups is 2. The number of anilines is 1. The molecule has 1 N–H and O–H groups in total. The summed E-state index contributed by atoms with van der Waals surface area (Å²) in [5.41, 5.74) is 0.856. The van der Waals surface area contributed by atoms with E-state index < -0.39 is 11.7 Å². The van der Waals surface area contributed by atoms with E-state index >= 15 is 0 Å². The normalized spacial score (nSPS) is 14.7. The number of amides is 2. The molecule has 1 aliphatic rings. The lowest BCUT2D eigenvalue weighted by molar-refractivity contribution is -0.137. The minimum Gasteiger partial charge on any atom is -0.457 e. The Morgan fingerprint density at radius 2 is 1.83 bits per heavy atom. The number of nitrogens with one attached hydrogen (secondary N) is 1. The van der Waals surface area contributed by atoms with Crippen LogP contribution in [0.2, 0.25) is 0 Å². The van der Waals surface area contributed by atoms with Crippen LogP contribution in [0.4, 0.5) is 23.7 Å². The molecule has 1 saturated heterocycles. The van der Waals surface area contributed by atoms with E-state index in [9.17, 15) is 22.8 Å². The van der Waals surface area contributed by atoms with Crippen LogP contribution in [-0.2, 0) is 22.1 Å². The number of benzene rings is 2. The number of halogens is 3. The quantitative estimate of drug-likeness (QED) is 0.190. The number of aromatic nitrogens is 1. The number of aryl methyl sites for hydroxylation is 1. The summed E-state index contributed by atoms with van der Waals surface area (Å²) in [4.78, 5) is 35.5. The van der Waals surface area contributed by atoms with Crippen molar-refractivity contribution in [2.75, 3.05) is 25.0 Å². The Morgan fingerprint density at radius 1 is 1.07 bits per heavy atom. The van der Waals surface area contributed by atoms with Crippen molar-refractivity contribution in [1.29, 1.82) is 0 Å². The minimum absolute atomic E-state index is 0.0115. The van der Waals surface area contributed by atoms with Crippen LogP contribution < -0.4 is 10.1 Å². The van der Waals surface area contributed by atoms with Gasteiger partial charge in [-0.1, -0.05) is 38.5 Å². The molecule has 11 heteroatoms. The molecule has 1 unspecified atom stereocenters. The van der Waals surface area contributed by atoms with Crippen LogP contribution in [0.1, 0.15) is 69.2 Å². The van der Waals surface area contributed by atoms with E-state index in [-0.39, 0.29) is 30.2 Å². The van der Waals surface area contributed by atoms with Crippen molar-refractivity contribution in [3.63, 3.8) is 0 Å². The number of nitrogens with zero attached hydrogens (tertiary/aromatic N) is 3. The highest BCUT2D eigenvalue weighted by Gasteiger charge is 2.30. The molecule has 0 saturated carbocycles. The zero-order chi connectivity index (χ0) is 32.9. The average Bonchev–Trinajstić information content (AvgIpc) is 3.04. The Kier molecular flexibility index (Phi) is 12.6. The zero-order valence-electron chi connectivity index (χ0n) is 26.3. The van der Waals surface area contributed by atoms with Crippen molar-refractivity contribution in [3.05, 3.63) is 83.7 Å². The van der Waals surface area contributed by atoms with Gasteiger partial charge in [0, 0.05) is 50.2 Å². The van der Waals surface area contributed by atoms with Gasteiger partial charge in [0.15, 0.2) is 0 Å². The summed E-state index contributed by atoms with van der Waals surface area (Å²) in [7, 11) is 0. The molecule has 46 heavy (non-hydrogen) atoms. The van der Waals surface area contributed by atoms with Crippen LogP contribution >= 0.6 is 0 Å². The standard InChI is InChI=1S/C35H41F3N4O4/c1-3-6-30(4-2)46-34(44)42-19-16-26(17-20-42)23-39-24-29-22-32(15-18-40-29)45-31-12-9-25(10-13-31)11-14-33(43)41-28-8-5-7-27(21-28)35(36,37)38/h5,7-10,12-13,15,18,21-22,24,26,30H,3-4,6,11,14,16-17,19-20,23H2,1-2H3,(H,41,43). The molecule has 8 nitrogen and oxygen atoms in total. The van der Waals surface area contributed by atoms with Gasteiger partial charge < -0.3 is 19.7 Å². The second-order valence-electron chi connectivity index (χ2n) is 11.4. The highest BCUT2D eigenvalue weighted by Crippen LogP contribution is 2.31. The first-order valence-electron chi connectivity index (χ1n) is 15.8. The summed E-state index contributed by atoms with van der Waals surface area (Å²) in [6.07, 6.45) is 3.70. The number of alkyl halides is 3. The van der Waals surface area contributed by atoms with Crippen LogP contribution in [0.5, 0.6) is 11.5 Å². The van der Waals surface area contributed by atoms with Crippen molar-refractivity contribution in [2.24, 2.45) is 10.9 Å². The predicted molar refractivity (Wildman–Crippen MR) is 171 cm³/mol. The maximum absolute atomic E-state index is 12.9. The summed E-state index contributed by atoms with van der Waals surface area (Å²) in [5.74, 6) is 1.23. The van der Waals surface area contributed by atoms with E-state index in [1.807, 2.05) is 19.1 Å². The molecule has 1 aliphatic heterocycles. The number of likely N-dealkylation sites (tertiary alicyclic amines) is 1. The van der Waals surface area contributed by atoms with Gasteiger partial charge in [-0.2, -0.15) is 13.2 Å². The minimum atomic E-state index is -4.47. The highest BCUT2D eigenvalue weighted by atomic mass is 19.4. The lowest BCUT2D eigenvalue weighted by atomic mass is 9.97. The van der Waals surface area contributed by atoms with Crippen LogP contribution in [0.15, 0.2) is 71.9 Å². The summed E-state index contributed by atoms with van der Waals surface area (Å²) < 4.78 is 50.4. The van der Waals surface area contributed by atoms with E-state index in [2.05, 4.69) is 22.2 Å². The molecule has 0 bridgehead atoms. The number of piperidine rings is 1. The molecule has 246 valence electrons. The first-order chi connectivity index (χ1) is 22.1. The van der Waals surface area contributed by atoms with Gasteiger partial charge in [0.1, 0.15) is 17.6 Å². The molecule has 2 amide bonds. The van der Waals surface area contributed by atoms with Gasteiger partial charge in [-0.15, -0.1) is 0 Å². The molecule has 2 aromatic carbocycles. The molecule has 4 rings (SSSR count). The number of hydrogen-bond donors (Lipinski definition) is 1. The zero-order valence-corrected chi connectivity index (χ0v) is 26.3. The summed E-state index contributed by atoms with van der Waals surface area (Å²) in [5, 5.41) is 2.52. The van der Waals surface area contributed by atoms with E-state index in [0.717, 1.165) is 49.8 Å². The SMILES string of the molecule is CCCC(CC)OC(=O)N1CCC(CN=Cc2cc(Oc3ccc(CCC(=O)Nc4cccc(C(F)(F)F)c4)cc3)ccn2)CC1. The van der Waals surface area contributed by atoms with Gasteiger partial charge in [-0.3, -0.25) is 14.8 Å². The topological polar surface area (TPSA) is 93.1 Å². The average molecular weight is 639 g/mol. The fraction of sp³-hybridized carbons (Fsp3) is 0.429. The largest absolute Gasteiger partial charge is 0.457 e. The monoisotopic (exact) mass is 638 g/mol. The van der Waals surface area contributed by atoms with Crippen molar-refractivity contribution in [2.45, 2.75) is 71.1 Å². The second kappa shape index (κ2) is 16.8. The van der Waals surface area contributed by atoms with Gasteiger partial charge in [0.2, 0.25) is 5.91 Å². The summed E-state index contributed by atoms with van der Waals surface area (Å²) >= 11 is 0. The van der Waals surface area contributed by atoms with E-state index in [1.54, 1.807) is 41.6 Å². The molecule has 1 aromatic heterocycles. The van der Waals surface area contributed by atoms with Crippen LogP contribution in [-0.4, -0.2) is 53.8 Å². The first-order valence-corrected chi connectivity index (χ1v) is 15.8. The Balaban J connectivity index is 1.19. The summed E-state index contributed by atoms with van der Waals surface area (Å²) in [6.45, 7) is 6.14. The number of hydrogen-bond acceptors (Lipinski definition) is 6. The van der Waals surface area contributed by atoms with E-state index in [4.69, 9.17) is 9.47 Å². The molecule has 0 radical (unpaired) electrons.